The zero-order valence-corrected chi connectivity index (χ0v) is 13.3. The topological polar surface area (TPSA) is 28.4 Å². The second kappa shape index (κ2) is 8.39. The molecule has 19 heavy (non-hydrogen) atoms. The lowest BCUT2D eigenvalue weighted by molar-refractivity contribution is 0.248. The van der Waals surface area contributed by atoms with E-state index in [1.54, 1.807) is 0 Å². The molecule has 1 rings (SSSR count). The Hall–Kier alpha value is -0.800. The van der Waals surface area contributed by atoms with Crippen molar-refractivity contribution in [3.8, 4) is 0 Å². The van der Waals surface area contributed by atoms with Crippen molar-refractivity contribution in [1.82, 2.24) is 10.2 Å². The number of furan rings is 1. The van der Waals surface area contributed by atoms with E-state index in [0.29, 0.717) is 6.04 Å². The fourth-order valence-electron chi connectivity index (χ4n) is 2.09. The van der Waals surface area contributed by atoms with Crippen LogP contribution in [0.15, 0.2) is 10.5 Å². The molecule has 3 nitrogen and oxygen atoms in total. The van der Waals surface area contributed by atoms with Gasteiger partial charge in [-0.3, -0.25) is 4.90 Å². The van der Waals surface area contributed by atoms with Crippen molar-refractivity contribution in [2.75, 3.05) is 13.1 Å². The van der Waals surface area contributed by atoms with Gasteiger partial charge in [0, 0.05) is 6.04 Å². The number of aryl methyl sites for hydroxylation is 1. The fraction of sp³-hybridized carbons (Fsp3) is 0.750. The molecule has 1 N–H and O–H groups in total. The maximum atomic E-state index is 5.97. The van der Waals surface area contributed by atoms with Gasteiger partial charge in [0.05, 0.1) is 13.1 Å². The molecule has 0 atom stereocenters. The normalized spacial score (nSPS) is 11.7. The van der Waals surface area contributed by atoms with Gasteiger partial charge in [0.25, 0.3) is 0 Å². The Morgan fingerprint density at radius 1 is 1.32 bits per heavy atom. The number of nitrogens with one attached hydrogen (secondary N) is 1. The number of hydrogen-bond donors (Lipinski definition) is 1. The van der Waals surface area contributed by atoms with Gasteiger partial charge in [-0.15, -0.1) is 0 Å². The summed E-state index contributed by atoms with van der Waals surface area (Å²) in [6.45, 7) is 14.9. The average Bonchev–Trinajstić information content (AvgIpc) is 2.72. The quantitative estimate of drug-likeness (QED) is 0.738. The van der Waals surface area contributed by atoms with Gasteiger partial charge in [-0.2, -0.15) is 0 Å². The van der Waals surface area contributed by atoms with Gasteiger partial charge >= 0.3 is 0 Å². The Kier molecular flexibility index (Phi) is 7.17. The molecule has 0 unspecified atom stereocenters. The van der Waals surface area contributed by atoms with Crippen LogP contribution >= 0.6 is 0 Å². The van der Waals surface area contributed by atoms with Crippen molar-refractivity contribution in [3.63, 3.8) is 0 Å². The minimum absolute atomic E-state index is 0.490. The predicted molar refractivity (Wildman–Crippen MR) is 81.3 cm³/mol. The molecule has 1 aromatic rings. The molecule has 0 fully saturated rings. The van der Waals surface area contributed by atoms with Crippen molar-refractivity contribution in [3.05, 3.63) is 23.2 Å². The number of nitrogens with zero attached hydrogens (tertiary/aromatic N) is 1. The Bertz CT molecular complexity index is 358. The van der Waals surface area contributed by atoms with Crippen LogP contribution in [0.1, 0.15) is 57.6 Å². The van der Waals surface area contributed by atoms with E-state index in [1.165, 1.54) is 18.4 Å². The Labute approximate surface area is 118 Å². The second-order valence-electron chi connectivity index (χ2n) is 5.58. The smallest absolute Gasteiger partial charge is 0.120 e. The van der Waals surface area contributed by atoms with Gasteiger partial charge < -0.3 is 9.73 Å². The van der Waals surface area contributed by atoms with E-state index in [-0.39, 0.29) is 0 Å². The Morgan fingerprint density at radius 2 is 2.05 bits per heavy atom. The van der Waals surface area contributed by atoms with Crippen LogP contribution in [0.25, 0.3) is 0 Å². The molecule has 110 valence electrons. The van der Waals surface area contributed by atoms with Gasteiger partial charge in [-0.05, 0) is 38.1 Å². The lowest BCUT2D eigenvalue weighted by Gasteiger charge is -2.18. The zero-order valence-electron chi connectivity index (χ0n) is 13.3. The molecule has 0 aliphatic heterocycles. The summed E-state index contributed by atoms with van der Waals surface area (Å²) in [6.07, 6.45) is 2.51. The van der Waals surface area contributed by atoms with E-state index in [1.807, 2.05) is 0 Å². The van der Waals surface area contributed by atoms with Gasteiger partial charge in [-0.1, -0.05) is 34.1 Å². The molecule has 0 aliphatic carbocycles. The minimum atomic E-state index is 0.490. The third kappa shape index (κ3) is 5.79. The molecule has 1 aromatic heterocycles. The first-order chi connectivity index (χ1) is 9.06. The Morgan fingerprint density at radius 3 is 2.63 bits per heavy atom. The first kappa shape index (κ1) is 16.3. The van der Waals surface area contributed by atoms with Gasteiger partial charge in [-0.25, -0.2) is 0 Å². The molecule has 0 amide bonds. The summed E-state index contributed by atoms with van der Waals surface area (Å²) in [7, 11) is 0. The second-order valence-corrected chi connectivity index (χ2v) is 5.58. The lowest BCUT2D eigenvalue weighted by Crippen LogP contribution is -2.23. The molecule has 3 heteroatoms. The van der Waals surface area contributed by atoms with Crippen molar-refractivity contribution in [1.29, 1.82) is 0 Å². The van der Waals surface area contributed by atoms with Crippen molar-refractivity contribution >= 4 is 0 Å². The van der Waals surface area contributed by atoms with E-state index in [9.17, 15) is 0 Å². The number of hydrogen-bond acceptors (Lipinski definition) is 3. The Balaban J connectivity index is 2.56. The lowest BCUT2D eigenvalue weighted by atomic mass is 10.2. The summed E-state index contributed by atoms with van der Waals surface area (Å²) in [5.41, 5.74) is 1.26. The van der Waals surface area contributed by atoms with Crippen LogP contribution in [0.4, 0.5) is 0 Å². The minimum Gasteiger partial charge on any atom is -0.463 e. The highest BCUT2D eigenvalue weighted by Crippen LogP contribution is 2.16. The maximum Gasteiger partial charge on any atom is 0.120 e. The highest BCUT2D eigenvalue weighted by molar-refractivity contribution is 5.20. The molecular weight excluding hydrogens is 236 g/mol. The highest BCUT2D eigenvalue weighted by atomic mass is 16.3. The van der Waals surface area contributed by atoms with Crippen LogP contribution in [0.5, 0.6) is 0 Å². The molecule has 0 saturated heterocycles. The van der Waals surface area contributed by atoms with E-state index >= 15 is 0 Å². The predicted octanol–water partition coefficient (Wildman–Crippen LogP) is 3.71. The summed E-state index contributed by atoms with van der Waals surface area (Å²) in [6, 6.07) is 2.68. The molecule has 0 spiro atoms. The van der Waals surface area contributed by atoms with Gasteiger partial charge in [0.1, 0.15) is 11.5 Å². The van der Waals surface area contributed by atoms with Crippen molar-refractivity contribution in [2.45, 2.75) is 66.6 Å². The third-order valence-corrected chi connectivity index (χ3v) is 3.40. The molecule has 0 saturated carbocycles. The van der Waals surface area contributed by atoms with Crippen molar-refractivity contribution < 1.29 is 4.42 Å². The first-order valence-electron chi connectivity index (χ1n) is 7.60. The molecular formula is C16H30N2O. The molecule has 0 aliphatic rings. The van der Waals surface area contributed by atoms with Crippen LogP contribution in [0.3, 0.4) is 0 Å². The monoisotopic (exact) mass is 266 g/mol. The van der Waals surface area contributed by atoms with Gasteiger partial charge in [0.15, 0.2) is 0 Å². The van der Waals surface area contributed by atoms with Gasteiger partial charge in [0.2, 0.25) is 0 Å². The maximum absolute atomic E-state index is 5.97. The van der Waals surface area contributed by atoms with Crippen LogP contribution < -0.4 is 5.32 Å². The van der Waals surface area contributed by atoms with Crippen LogP contribution in [0.2, 0.25) is 0 Å². The SMILES string of the molecule is CCCCN(CC)Cc1cc(C)c(CNC(C)C)o1. The molecule has 0 bridgehead atoms. The summed E-state index contributed by atoms with van der Waals surface area (Å²) in [4.78, 5) is 2.45. The van der Waals surface area contributed by atoms with Crippen LogP contribution in [0, 0.1) is 6.92 Å². The van der Waals surface area contributed by atoms with E-state index in [4.69, 9.17) is 4.42 Å². The van der Waals surface area contributed by atoms with E-state index in [2.05, 4.69) is 50.9 Å². The fourth-order valence-corrected chi connectivity index (χ4v) is 2.09. The van der Waals surface area contributed by atoms with E-state index < -0.39 is 0 Å². The third-order valence-electron chi connectivity index (χ3n) is 3.40. The van der Waals surface area contributed by atoms with E-state index in [0.717, 1.165) is 37.7 Å². The number of unbranched alkanes of at least 4 members (excludes halogenated alkanes) is 1. The van der Waals surface area contributed by atoms with Crippen LogP contribution in [-0.4, -0.2) is 24.0 Å². The van der Waals surface area contributed by atoms with Crippen LogP contribution in [-0.2, 0) is 13.1 Å². The molecule has 0 aromatic carbocycles. The summed E-state index contributed by atoms with van der Waals surface area (Å²) in [5, 5.41) is 3.41. The standard InChI is InChI=1S/C16H30N2O/c1-6-8-9-18(7-2)12-15-10-14(5)16(19-15)11-17-13(3)4/h10,13,17H,6-9,11-12H2,1-5H3. The summed E-state index contributed by atoms with van der Waals surface area (Å²) in [5.74, 6) is 2.17. The molecule has 1 heterocycles. The van der Waals surface area contributed by atoms with Crippen molar-refractivity contribution in [2.24, 2.45) is 0 Å². The highest BCUT2D eigenvalue weighted by Gasteiger charge is 2.11. The first-order valence-corrected chi connectivity index (χ1v) is 7.60. The largest absolute Gasteiger partial charge is 0.463 e. The summed E-state index contributed by atoms with van der Waals surface area (Å²) >= 11 is 0. The summed E-state index contributed by atoms with van der Waals surface area (Å²) < 4.78 is 5.97. The zero-order chi connectivity index (χ0) is 14.3. The molecule has 0 radical (unpaired) electrons. The average molecular weight is 266 g/mol. The number of rotatable bonds is 9.